The van der Waals surface area contributed by atoms with Crippen molar-refractivity contribution in [2.24, 2.45) is 0 Å². The fraction of sp³-hybridized carbons (Fsp3) is 0.500. The Morgan fingerprint density at radius 3 is 2.52 bits per heavy atom. The molecule has 1 N–H and O–H groups in total. The molecule has 7 heteroatoms. The van der Waals surface area contributed by atoms with E-state index in [1.807, 2.05) is 18.2 Å². The Kier molecular flexibility index (Phi) is 5.05. The number of sulfone groups is 1. The van der Waals surface area contributed by atoms with Crippen LogP contribution in [0.15, 0.2) is 47.5 Å². The molecule has 0 radical (unpaired) electrons. The third kappa shape index (κ3) is 3.91. The summed E-state index contributed by atoms with van der Waals surface area (Å²) in [5, 5.41) is 3.32. The summed E-state index contributed by atoms with van der Waals surface area (Å²) in [6.07, 6.45) is 5.89. The second-order valence-corrected chi connectivity index (χ2v) is 10.4. The average Bonchev–Trinajstić information content (AvgIpc) is 3.53. The lowest BCUT2D eigenvalue weighted by molar-refractivity contribution is -0.0748. The first-order valence-corrected chi connectivity index (χ1v) is 11.9. The van der Waals surface area contributed by atoms with E-state index < -0.39 is 9.84 Å². The molecule has 1 saturated heterocycles. The third-order valence-corrected chi connectivity index (χ3v) is 8.30. The molecule has 154 valence electrons. The van der Waals surface area contributed by atoms with Gasteiger partial charge in [0.05, 0.1) is 22.3 Å². The summed E-state index contributed by atoms with van der Waals surface area (Å²) in [5.41, 5.74) is 2.18. The number of hydrogen-bond acceptors (Lipinski definition) is 6. The maximum absolute atomic E-state index is 12.5. The highest BCUT2D eigenvalue weighted by atomic mass is 32.2. The lowest BCUT2D eigenvalue weighted by Gasteiger charge is -2.31. The highest BCUT2D eigenvalue weighted by molar-refractivity contribution is 7.92. The van der Waals surface area contributed by atoms with E-state index >= 15 is 0 Å². The quantitative estimate of drug-likeness (QED) is 0.782. The second-order valence-electron chi connectivity index (χ2n) is 8.15. The topological polar surface area (TPSA) is 77.5 Å². The average molecular weight is 415 g/mol. The normalized spacial score (nSPS) is 23.4. The molecule has 3 aliphatic rings. The number of ether oxygens (including phenoxy) is 2. The van der Waals surface area contributed by atoms with Crippen molar-refractivity contribution in [2.75, 3.05) is 18.5 Å². The van der Waals surface area contributed by atoms with Crippen LogP contribution in [0.5, 0.6) is 0 Å². The molecular weight excluding hydrogens is 388 g/mol. The van der Waals surface area contributed by atoms with Crippen molar-refractivity contribution in [1.29, 1.82) is 0 Å². The zero-order valence-corrected chi connectivity index (χ0v) is 17.1. The van der Waals surface area contributed by atoms with E-state index in [9.17, 15) is 8.42 Å². The van der Waals surface area contributed by atoms with Crippen LogP contribution >= 0.6 is 0 Å². The van der Waals surface area contributed by atoms with E-state index in [1.165, 1.54) is 5.56 Å². The molecule has 1 aromatic heterocycles. The number of anilines is 1. The Labute approximate surface area is 171 Å². The third-order valence-electron chi connectivity index (χ3n) is 6.03. The van der Waals surface area contributed by atoms with Crippen molar-refractivity contribution >= 4 is 15.7 Å². The van der Waals surface area contributed by atoms with Gasteiger partial charge in [-0.2, -0.15) is 0 Å². The van der Waals surface area contributed by atoms with Crippen LogP contribution in [0.3, 0.4) is 0 Å². The molecule has 5 rings (SSSR count). The minimum atomic E-state index is -3.18. The SMILES string of the molecule is O=S(=O)(c1ccc(C(OC2CCOCC2)C2Cc3cccnc3N2)cc1)C1CC1. The zero-order chi connectivity index (χ0) is 19.8. The summed E-state index contributed by atoms with van der Waals surface area (Å²) in [5.74, 6) is 0.908. The molecule has 1 saturated carbocycles. The van der Waals surface area contributed by atoms with E-state index in [0.29, 0.717) is 4.90 Å². The Morgan fingerprint density at radius 1 is 1.07 bits per heavy atom. The summed E-state index contributed by atoms with van der Waals surface area (Å²) < 4.78 is 37.1. The number of fused-ring (bicyclic) bond motifs is 1. The minimum absolute atomic E-state index is 0.0636. The lowest BCUT2D eigenvalue weighted by Crippen LogP contribution is -2.33. The van der Waals surface area contributed by atoms with Crippen LogP contribution in [0.2, 0.25) is 0 Å². The maximum Gasteiger partial charge on any atom is 0.181 e. The van der Waals surface area contributed by atoms with Crippen LogP contribution in [-0.2, 0) is 25.7 Å². The number of rotatable bonds is 6. The monoisotopic (exact) mass is 414 g/mol. The summed E-state index contributed by atoms with van der Waals surface area (Å²) in [6, 6.07) is 11.4. The summed E-state index contributed by atoms with van der Waals surface area (Å²) >= 11 is 0. The highest BCUT2D eigenvalue weighted by Crippen LogP contribution is 2.37. The molecule has 6 nitrogen and oxygen atoms in total. The number of benzene rings is 1. The highest BCUT2D eigenvalue weighted by Gasteiger charge is 2.37. The van der Waals surface area contributed by atoms with Gasteiger partial charge in [0.1, 0.15) is 11.9 Å². The van der Waals surface area contributed by atoms with E-state index in [2.05, 4.69) is 16.4 Å². The fourth-order valence-corrected chi connectivity index (χ4v) is 5.88. The van der Waals surface area contributed by atoms with Gasteiger partial charge < -0.3 is 14.8 Å². The smallest absolute Gasteiger partial charge is 0.181 e. The molecule has 2 fully saturated rings. The minimum Gasteiger partial charge on any atom is -0.381 e. The predicted octanol–water partition coefficient (Wildman–Crippen LogP) is 3.29. The van der Waals surface area contributed by atoms with E-state index in [-0.39, 0.29) is 23.5 Å². The Balaban J connectivity index is 1.40. The first kappa shape index (κ1) is 19.0. The van der Waals surface area contributed by atoms with Gasteiger partial charge in [-0.1, -0.05) is 18.2 Å². The lowest BCUT2D eigenvalue weighted by atomic mass is 9.98. The number of pyridine rings is 1. The number of nitrogens with zero attached hydrogens (tertiary/aromatic N) is 1. The van der Waals surface area contributed by atoms with Gasteiger partial charge in [0.25, 0.3) is 0 Å². The number of hydrogen-bond donors (Lipinski definition) is 1. The standard InChI is InChI=1S/C22H26N2O4S/c25-29(26,19-7-8-19)18-5-3-15(4-6-18)21(28-17-9-12-27-13-10-17)20-14-16-2-1-11-23-22(16)24-20/h1-6,11,17,19-21H,7-10,12-14H2,(H,23,24). The van der Waals surface area contributed by atoms with Crippen LogP contribution in [-0.4, -0.2) is 44.0 Å². The molecule has 2 aromatic rings. The van der Waals surface area contributed by atoms with Crippen molar-refractivity contribution in [3.8, 4) is 0 Å². The van der Waals surface area contributed by atoms with Crippen molar-refractivity contribution in [3.63, 3.8) is 0 Å². The zero-order valence-electron chi connectivity index (χ0n) is 16.3. The van der Waals surface area contributed by atoms with Crippen LogP contribution in [0.4, 0.5) is 5.82 Å². The van der Waals surface area contributed by atoms with Gasteiger partial charge in [-0.05, 0) is 61.4 Å². The Morgan fingerprint density at radius 2 is 1.83 bits per heavy atom. The summed E-state index contributed by atoms with van der Waals surface area (Å²) in [7, 11) is -3.18. The molecule has 1 aromatic carbocycles. The number of nitrogens with one attached hydrogen (secondary N) is 1. The molecule has 0 amide bonds. The summed E-state index contributed by atoms with van der Waals surface area (Å²) in [4.78, 5) is 4.85. The molecule has 2 unspecified atom stereocenters. The van der Waals surface area contributed by atoms with Gasteiger partial charge >= 0.3 is 0 Å². The largest absolute Gasteiger partial charge is 0.381 e. The molecular formula is C22H26N2O4S. The van der Waals surface area contributed by atoms with Crippen molar-refractivity contribution in [1.82, 2.24) is 4.98 Å². The van der Waals surface area contributed by atoms with Crippen molar-refractivity contribution in [2.45, 2.75) is 60.5 Å². The first-order valence-electron chi connectivity index (χ1n) is 10.4. The van der Waals surface area contributed by atoms with E-state index in [1.54, 1.807) is 18.3 Å². The second kappa shape index (κ2) is 7.70. The van der Waals surface area contributed by atoms with E-state index in [0.717, 1.165) is 56.7 Å². The van der Waals surface area contributed by atoms with Crippen molar-refractivity contribution in [3.05, 3.63) is 53.7 Å². The molecule has 2 atom stereocenters. The Bertz CT molecular complexity index is 942. The van der Waals surface area contributed by atoms with Crippen LogP contribution in [0.25, 0.3) is 0 Å². The molecule has 1 aliphatic carbocycles. The van der Waals surface area contributed by atoms with Crippen molar-refractivity contribution < 1.29 is 17.9 Å². The molecule has 2 aliphatic heterocycles. The first-order chi connectivity index (χ1) is 14.1. The maximum atomic E-state index is 12.5. The van der Waals surface area contributed by atoms with Gasteiger partial charge in [-0.3, -0.25) is 0 Å². The van der Waals surface area contributed by atoms with Gasteiger partial charge in [0.15, 0.2) is 9.84 Å². The Hall–Kier alpha value is -1.96. The van der Waals surface area contributed by atoms with Gasteiger partial charge in [0, 0.05) is 19.4 Å². The van der Waals surface area contributed by atoms with Gasteiger partial charge in [-0.15, -0.1) is 0 Å². The van der Waals surface area contributed by atoms with E-state index in [4.69, 9.17) is 9.47 Å². The van der Waals surface area contributed by atoms with Crippen LogP contribution < -0.4 is 5.32 Å². The number of aromatic nitrogens is 1. The fourth-order valence-electron chi connectivity index (χ4n) is 4.22. The molecule has 0 spiro atoms. The van der Waals surface area contributed by atoms with Crippen LogP contribution in [0.1, 0.15) is 42.9 Å². The summed E-state index contributed by atoms with van der Waals surface area (Å²) in [6.45, 7) is 1.44. The molecule has 3 heterocycles. The van der Waals surface area contributed by atoms with Crippen LogP contribution in [0, 0.1) is 0 Å². The predicted molar refractivity (Wildman–Crippen MR) is 110 cm³/mol. The van der Waals surface area contributed by atoms with Gasteiger partial charge in [0.2, 0.25) is 0 Å². The molecule has 0 bridgehead atoms. The van der Waals surface area contributed by atoms with Gasteiger partial charge in [-0.25, -0.2) is 13.4 Å². The molecule has 29 heavy (non-hydrogen) atoms.